The monoisotopic (exact) mass is 256 g/mol. The molecule has 0 aromatic rings. The molecule has 2 aliphatic carbocycles. The number of ether oxygens (including phenoxy) is 1. The Balaban J connectivity index is 1.99. The number of rotatable bonds is 2. The molecule has 0 saturated heterocycles. The number of aliphatic hydroxyl groups excluding tert-OH is 1. The number of carbonyl (C=O) groups is 1. The van der Waals surface area contributed by atoms with Crippen LogP contribution in [0.2, 0.25) is 0 Å². The Kier molecular flexibility index (Phi) is 3.10. The highest BCUT2D eigenvalue weighted by atomic mass is 16.6. The summed E-state index contributed by atoms with van der Waals surface area (Å²) < 4.78 is 5.29. The average Bonchev–Trinajstić information content (AvgIpc) is 2.05. The third-order valence-electron chi connectivity index (χ3n) is 4.10. The number of alkyl carbamates (subject to hydrolysis) is 1. The van der Waals surface area contributed by atoms with Crippen LogP contribution < -0.4 is 11.1 Å². The SMILES string of the molecule is CC(C)(C)OC(=O)NC1(C2(N)CC(O)C2)CCC1. The van der Waals surface area contributed by atoms with E-state index in [1.54, 1.807) is 0 Å². The maximum atomic E-state index is 11.9. The van der Waals surface area contributed by atoms with Crippen LogP contribution in [-0.2, 0) is 4.74 Å². The molecule has 2 fully saturated rings. The first-order valence-electron chi connectivity index (χ1n) is 6.64. The summed E-state index contributed by atoms with van der Waals surface area (Å²) in [6, 6.07) is 0. The molecule has 2 rings (SSSR count). The smallest absolute Gasteiger partial charge is 0.408 e. The maximum Gasteiger partial charge on any atom is 0.408 e. The molecule has 0 bridgehead atoms. The van der Waals surface area contributed by atoms with Crippen LogP contribution >= 0.6 is 0 Å². The molecule has 104 valence electrons. The number of amides is 1. The topological polar surface area (TPSA) is 84.6 Å². The van der Waals surface area contributed by atoms with Crippen LogP contribution in [0.4, 0.5) is 4.79 Å². The molecular weight excluding hydrogens is 232 g/mol. The number of hydrogen-bond acceptors (Lipinski definition) is 4. The molecular formula is C13H24N2O3. The first-order valence-corrected chi connectivity index (χ1v) is 6.64. The lowest BCUT2D eigenvalue weighted by molar-refractivity contribution is -0.0625. The van der Waals surface area contributed by atoms with Crippen LogP contribution in [0.5, 0.6) is 0 Å². The summed E-state index contributed by atoms with van der Waals surface area (Å²) in [6.07, 6.45) is 3.18. The van der Waals surface area contributed by atoms with Crippen molar-refractivity contribution in [2.45, 2.75) is 75.7 Å². The molecule has 0 radical (unpaired) electrons. The molecule has 0 unspecified atom stereocenters. The molecule has 0 aromatic carbocycles. The lowest BCUT2D eigenvalue weighted by Gasteiger charge is -2.60. The van der Waals surface area contributed by atoms with Crippen molar-refractivity contribution in [1.29, 1.82) is 0 Å². The number of carbonyl (C=O) groups excluding carboxylic acids is 1. The van der Waals surface area contributed by atoms with Gasteiger partial charge in [0.25, 0.3) is 0 Å². The van der Waals surface area contributed by atoms with E-state index in [-0.39, 0.29) is 11.6 Å². The predicted octanol–water partition coefficient (Wildman–Crippen LogP) is 1.29. The molecule has 0 spiro atoms. The third kappa shape index (κ3) is 2.34. The fraction of sp³-hybridized carbons (Fsp3) is 0.923. The first-order chi connectivity index (χ1) is 8.16. The minimum Gasteiger partial charge on any atom is -0.444 e. The highest BCUT2D eigenvalue weighted by molar-refractivity contribution is 5.69. The number of aliphatic hydroxyl groups is 1. The van der Waals surface area contributed by atoms with E-state index in [2.05, 4.69) is 5.32 Å². The van der Waals surface area contributed by atoms with Gasteiger partial charge in [0.1, 0.15) is 5.60 Å². The van der Waals surface area contributed by atoms with Crippen LogP contribution in [0.1, 0.15) is 52.9 Å². The lowest BCUT2D eigenvalue weighted by Crippen LogP contribution is -2.77. The summed E-state index contributed by atoms with van der Waals surface area (Å²) in [5, 5.41) is 12.4. The average molecular weight is 256 g/mol. The maximum absolute atomic E-state index is 11.9. The molecule has 5 nitrogen and oxygen atoms in total. The molecule has 1 amide bonds. The fourth-order valence-electron chi connectivity index (χ4n) is 2.95. The van der Waals surface area contributed by atoms with Crippen molar-refractivity contribution in [3.05, 3.63) is 0 Å². The standard InChI is InChI=1S/C13H24N2O3/c1-11(2,3)18-10(17)15-13(5-4-6-13)12(14)7-9(16)8-12/h9,16H,4-8,14H2,1-3H3,(H,15,17). The third-order valence-corrected chi connectivity index (χ3v) is 4.10. The summed E-state index contributed by atoms with van der Waals surface area (Å²) >= 11 is 0. The lowest BCUT2D eigenvalue weighted by atomic mass is 9.55. The van der Waals surface area contributed by atoms with E-state index in [4.69, 9.17) is 10.5 Å². The summed E-state index contributed by atoms with van der Waals surface area (Å²) in [4.78, 5) is 11.9. The van der Waals surface area contributed by atoms with Gasteiger partial charge in [-0.2, -0.15) is 0 Å². The fourth-order valence-corrected chi connectivity index (χ4v) is 2.95. The summed E-state index contributed by atoms with van der Waals surface area (Å²) in [5.74, 6) is 0. The van der Waals surface area contributed by atoms with Crippen molar-refractivity contribution in [3.63, 3.8) is 0 Å². The quantitative estimate of drug-likeness (QED) is 0.695. The Hall–Kier alpha value is -0.810. The molecule has 2 saturated carbocycles. The highest BCUT2D eigenvalue weighted by Gasteiger charge is 2.59. The van der Waals surface area contributed by atoms with Crippen LogP contribution in [0.25, 0.3) is 0 Å². The van der Waals surface area contributed by atoms with Crippen molar-refractivity contribution < 1.29 is 14.6 Å². The predicted molar refractivity (Wildman–Crippen MR) is 68.1 cm³/mol. The normalized spacial score (nSPS) is 34.2. The molecule has 18 heavy (non-hydrogen) atoms. The van der Waals surface area contributed by atoms with Gasteiger partial charge in [-0.25, -0.2) is 4.79 Å². The van der Waals surface area contributed by atoms with E-state index < -0.39 is 17.2 Å². The summed E-state index contributed by atoms with van der Waals surface area (Å²) in [6.45, 7) is 5.52. The number of nitrogens with one attached hydrogen (secondary N) is 1. The molecule has 0 atom stereocenters. The molecule has 0 aromatic heterocycles. The largest absolute Gasteiger partial charge is 0.444 e. The first kappa shape index (κ1) is 13.6. The van der Waals surface area contributed by atoms with Crippen molar-refractivity contribution in [2.75, 3.05) is 0 Å². The van der Waals surface area contributed by atoms with Gasteiger partial charge in [0, 0.05) is 5.54 Å². The van der Waals surface area contributed by atoms with Crippen molar-refractivity contribution in [2.24, 2.45) is 5.73 Å². The second kappa shape index (κ2) is 4.10. The van der Waals surface area contributed by atoms with E-state index >= 15 is 0 Å². The van der Waals surface area contributed by atoms with Gasteiger partial charge in [-0.3, -0.25) is 0 Å². The molecule has 5 heteroatoms. The second-order valence-corrected chi connectivity index (χ2v) is 6.78. The highest BCUT2D eigenvalue weighted by Crippen LogP contribution is 2.49. The van der Waals surface area contributed by atoms with Crippen LogP contribution in [-0.4, -0.2) is 34.0 Å². The van der Waals surface area contributed by atoms with Crippen LogP contribution in [0.15, 0.2) is 0 Å². The van der Waals surface area contributed by atoms with Gasteiger partial charge < -0.3 is 20.9 Å². The van der Waals surface area contributed by atoms with E-state index in [1.807, 2.05) is 20.8 Å². The zero-order valence-electron chi connectivity index (χ0n) is 11.5. The van der Waals surface area contributed by atoms with E-state index in [1.165, 1.54) is 0 Å². The van der Waals surface area contributed by atoms with Crippen molar-refractivity contribution in [3.8, 4) is 0 Å². The summed E-state index contributed by atoms with van der Waals surface area (Å²) in [7, 11) is 0. The van der Waals surface area contributed by atoms with Gasteiger partial charge in [-0.05, 0) is 52.9 Å². The summed E-state index contributed by atoms with van der Waals surface area (Å²) in [5.41, 5.74) is 4.96. The Labute approximate surface area is 108 Å². The Bertz CT molecular complexity index is 339. The zero-order valence-corrected chi connectivity index (χ0v) is 11.5. The van der Waals surface area contributed by atoms with Crippen LogP contribution in [0, 0.1) is 0 Å². The molecule has 4 N–H and O–H groups in total. The Morgan fingerprint density at radius 3 is 2.28 bits per heavy atom. The van der Waals surface area contributed by atoms with Crippen molar-refractivity contribution in [1.82, 2.24) is 5.32 Å². The zero-order chi connectivity index (χ0) is 13.6. The van der Waals surface area contributed by atoms with Crippen molar-refractivity contribution >= 4 is 6.09 Å². The van der Waals surface area contributed by atoms with E-state index in [0.717, 1.165) is 19.3 Å². The van der Waals surface area contributed by atoms with Gasteiger partial charge in [0.2, 0.25) is 0 Å². The van der Waals surface area contributed by atoms with Gasteiger partial charge in [-0.1, -0.05) is 0 Å². The number of nitrogens with two attached hydrogens (primary N) is 1. The second-order valence-electron chi connectivity index (χ2n) is 6.78. The number of hydrogen-bond donors (Lipinski definition) is 3. The minimum absolute atomic E-state index is 0.326. The molecule has 2 aliphatic rings. The van der Waals surface area contributed by atoms with Gasteiger partial charge in [-0.15, -0.1) is 0 Å². The minimum atomic E-state index is -0.504. The van der Waals surface area contributed by atoms with E-state index in [9.17, 15) is 9.90 Å². The Morgan fingerprint density at radius 2 is 1.94 bits per heavy atom. The van der Waals surface area contributed by atoms with Gasteiger partial charge in [0.05, 0.1) is 11.6 Å². The molecule has 0 aliphatic heterocycles. The van der Waals surface area contributed by atoms with Crippen LogP contribution in [0.3, 0.4) is 0 Å². The van der Waals surface area contributed by atoms with E-state index in [0.29, 0.717) is 12.8 Å². The molecule has 0 heterocycles. The van der Waals surface area contributed by atoms with Gasteiger partial charge >= 0.3 is 6.09 Å². The van der Waals surface area contributed by atoms with Gasteiger partial charge in [0.15, 0.2) is 0 Å². The Morgan fingerprint density at radius 1 is 1.39 bits per heavy atom.